The van der Waals surface area contributed by atoms with Crippen molar-refractivity contribution >= 4 is 23.6 Å². The maximum absolute atomic E-state index is 12.7. The third-order valence-electron chi connectivity index (χ3n) is 5.44. The predicted octanol–water partition coefficient (Wildman–Crippen LogP) is 4.18. The number of nitrogens with zero attached hydrogens (tertiary/aromatic N) is 1. The first-order valence-electron chi connectivity index (χ1n) is 10.8. The molecule has 2 aromatic rings. The van der Waals surface area contributed by atoms with Gasteiger partial charge in [-0.3, -0.25) is 9.69 Å². The SMILES string of the molecule is CCCN1C(=O)N[C@@H](c2cccc(NC(=O)CCc3ccccc3)c2)C(C(=O)OC)=C1C. The van der Waals surface area contributed by atoms with Crippen molar-refractivity contribution in [2.24, 2.45) is 0 Å². The van der Waals surface area contributed by atoms with Crippen molar-refractivity contribution in [3.8, 4) is 0 Å². The normalized spacial score (nSPS) is 15.9. The van der Waals surface area contributed by atoms with Gasteiger partial charge in [0, 0.05) is 24.4 Å². The summed E-state index contributed by atoms with van der Waals surface area (Å²) in [6.07, 6.45) is 1.76. The molecule has 3 amide bonds. The Kier molecular flexibility index (Phi) is 7.65. The first kappa shape index (κ1) is 23.1. The van der Waals surface area contributed by atoms with Crippen molar-refractivity contribution in [2.75, 3.05) is 19.0 Å². The molecular formula is C25H29N3O4. The van der Waals surface area contributed by atoms with Crippen molar-refractivity contribution in [3.05, 3.63) is 77.0 Å². The lowest BCUT2D eigenvalue weighted by Crippen LogP contribution is -2.48. The number of nitrogens with one attached hydrogen (secondary N) is 2. The van der Waals surface area contributed by atoms with E-state index in [1.807, 2.05) is 43.3 Å². The van der Waals surface area contributed by atoms with Gasteiger partial charge >= 0.3 is 12.0 Å². The molecule has 0 unspecified atom stereocenters. The topological polar surface area (TPSA) is 87.7 Å². The number of hydrogen-bond donors (Lipinski definition) is 2. The predicted molar refractivity (Wildman–Crippen MR) is 123 cm³/mol. The van der Waals surface area contributed by atoms with Crippen LogP contribution in [0.25, 0.3) is 0 Å². The molecule has 1 aliphatic rings. The molecule has 1 atom stereocenters. The van der Waals surface area contributed by atoms with E-state index in [0.717, 1.165) is 12.0 Å². The Bertz CT molecular complexity index is 1020. The number of amides is 3. The number of esters is 1. The highest BCUT2D eigenvalue weighted by atomic mass is 16.5. The summed E-state index contributed by atoms with van der Waals surface area (Å²) in [5.74, 6) is -0.598. The van der Waals surface area contributed by atoms with Gasteiger partial charge in [0.05, 0.1) is 18.7 Å². The molecule has 0 aliphatic carbocycles. The Morgan fingerprint density at radius 1 is 1.12 bits per heavy atom. The molecule has 3 rings (SSSR count). The number of anilines is 1. The Morgan fingerprint density at radius 2 is 1.88 bits per heavy atom. The molecule has 0 radical (unpaired) electrons. The molecule has 32 heavy (non-hydrogen) atoms. The van der Waals surface area contributed by atoms with Gasteiger partial charge in [-0.25, -0.2) is 9.59 Å². The second-order valence-electron chi connectivity index (χ2n) is 7.68. The second-order valence-corrected chi connectivity index (χ2v) is 7.68. The van der Waals surface area contributed by atoms with E-state index in [1.54, 1.807) is 30.0 Å². The van der Waals surface area contributed by atoms with E-state index in [9.17, 15) is 14.4 Å². The van der Waals surface area contributed by atoms with Crippen LogP contribution in [0.2, 0.25) is 0 Å². The van der Waals surface area contributed by atoms with Gasteiger partial charge < -0.3 is 15.4 Å². The van der Waals surface area contributed by atoms with Crippen LogP contribution in [-0.2, 0) is 20.7 Å². The number of carbonyl (C=O) groups is 3. The van der Waals surface area contributed by atoms with Gasteiger partial charge in [-0.2, -0.15) is 0 Å². The minimum absolute atomic E-state index is 0.104. The summed E-state index contributed by atoms with van der Waals surface area (Å²) in [6.45, 7) is 4.22. The molecule has 0 aromatic heterocycles. The van der Waals surface area contributed by atoms with Gasteiger partial charge in [-0.1, -0.05) is 49.4 Å². The summed E-state index contributed by atoms with van der Waals surface area (Å²) >= 11 is 0. The second kappa shape index (κ2) is 10.6. The zero-order chi connectivity index (χ0) is 23.1. The van der Waals surface area contributed by atoms with Crippen LogP contribution < -0.4 is 10.6 Å². The molecule has 1 heterocycles. The van der Waals surface area contributed by atoms with Crippen molar-refractivity contribution in [1.82, 2.24) is 10.2 Å². The third-order valence-corrected chi connectivity index (χ3v) is 5.44. The number of methoxy groups -OCH3 is 1. The average molecular weight is 436 g/mol. The number of allylic oxidation sites excluding steroid dienone is 1. The molecule has 0 bridgehead atoms. The third kappa shape index (κ3) is 5.35. The first-order chi connectivity index (χ1) is 15.4. The summed E-state index contributed by atoms with van der Waals surface area (Å²) in [5.41, 5.74) is 3.35. The monoisotopic (exact) mass is 435 g/mol. The molecule has 0 saturated heterocycles. The number of ether oxygens (including phenoxy) is 1. The highest BCUT2D eigenvalue weighted by Crippen LogP contribution is 2.32. The fourth-order valence-corrected chi connectivity index (χ4v) is 3.82. The molecule has 0 saturated carbocycles. The standard InChI is InChI=1S/C25H29N3O4/c1-4-15-28-17(2)22(24(30)32-3)23(27-25(28)31)19-11-8-12-20(16-19)26-21(29)14-13-18-9-6-5-7-10-18/h5-12,16,23H,4,13-15H2,1-3H3,(H,26,29)(H,27,31)/t23-/m0/s1. The van der Waals surface area contributed by atoms with Crippen molar-refractivity contribution < 1.29 is 19.1 Å². The van der Waals surface area contributed by atoms with Crippen LogP contribution in [0.5, 0.6) is 0 Å². The van der Waals surface area contributed by atoms with E-state index in [1.165, 1.54) is 7.11 Å². The van der Waals surface area contributed by atoms with E-state index in [-0.39, 0.29) is 11.9 Å². The first-order valence-corrected chi connectivity index (χ1v) is 10.8. The largest absolute Gasteiger partial charge is 0.466 e. The summed E-state index contributed by atoms with van der Waals surface area (Å²) in [5, 5.41) is 5.81. The van der Waals surface area contributed by atoms with Gasteiger partial charge in [-0.15, -0.1) is 0 Å². The van der Waals surface area contributed by atoms with E-state index in [2.05, 4.69) is 10.6 Å². The van der Waals surface area contributed by atoms with Gasteiger partial charge in [0.1, 0.15) is 0 Å². The van der Waals surface area contributed by atoms with Gasteiger partial charge in [-0.05, 0) is 43.0 Å². The number of hydrogen-bond acceptors (Lipinski definition) is 4. The molecule has 7 nitrogen and oxygen atoms in total. The number of rotatable bonds is 8. The van der Waals surface area contributed by atoms with E-state index in [4.69, 9.17) is 4.74 Å². The molecule has 0 spiro atoms. The van der Waals surface area contributed by atoms with Gasteiger partial charge in [0.25, 0.3) is 0 Å². The Hall–Kier alpha value is -3.61. The molecule has 0 fully saturated rings. The van der Waals surface area contributed by atoms with Gasteiger partial charge in [0.2, 0.25) is 5.91 Å². The number of carbonyl (C=O) groups excluding carboxylic acids is 3. The molecule has 1 aliphatic heterocycles. The van der Waals surface area contributed by atoms with Crippen LogP contribution in [0.1, 0.15) is 43.9 Å². The van der Waals surface area contributed by atoms with Crippen molar-refractivity contribution in [2.45, 2.75) is 39.2 Å². The Balaban J connectivity index is 1.80. The molecule has 2 N–H and O–H groups in total. The van der Waals surface area contributed by atoms with Crippen LogP contribution >= 0.6 is 0 Å². The molecule has 168 valence electrons. The fourth-order valence-electron chi connectivity index (χ4n) is 3.82. The van der Waals surface area contributed by atoms with Crippen molar-refractivity contribution in [1.29, 1.82) is 0 Å². The average Bonchev–Trinajstić information content (AvgIpc) is 2.80. The molecule has 2 aromatic carbocycles. The number of aryl methyl sites for hydroxylation is 1. The smallest absolute Gasteiger partial charge is 0.337 e. The lowest BCUT2D eigenvalue weighted by Gasteiger charge is -2.35. The lowest BCUT2D eigenvalue weighted by molar-refractivity contribution is -0.136. The van der Waals surface area contributed by atoms with Crippen LogP contribution in [0.15, 0.2) is 65.9 Å². The summed E-state index contributed by atoms with van der Waals surface area (Å²) in [4.78, 5) is 39.2. The highest BCUT2D eigenvalue weighted by Gasteiger charge is 2.35. The van der Waals surface area contributed by atoms with E-state index < -0.39 is 12.0 Å². The van der Waals surface area contributed by atoms with E-state index >= 15 is 0 Å². The summed E-state index contributed by atoms with van der Waals surface area (Å²) in [7, 11) is 1.32. The number of urea groups is 1. The van der Waals surface area contributed by atoms with E-state index in [0.29, 0.717) is 41.9 Å². The molecule has 7 heteroatoms. The Labute approximate surface area is 188 Å². The maximum Gasteiger partial charge on any atom is 0.337 e. The van der Waals surface area contributed by atoms with Gasteiger partial charge in [0.15, 0.2) is 0 Å². The summed E-state index contributed by atoms with van der Waals surface area (Å²) < 4.78 is 5.00. The van der Waals surface area contributed by atoms with Crippen LogP contribution in [0, 0.1) is 0 Å². The minimum atomic E-state index is -0.663. The fraction of sp³-hybridized carbons (Fsp3) is 0.320. The zero-order valence-corrected chi connectivity index (χ0v) is 18.7. The lowest BCUT2D eigenvalue weighted by atomic mass is 9.94. The zero-order valence-electron chi connectivity index (χ0n) is 18.7. The van der Waals surface area contributed by atoms with Crippen LogP contribution in [0.4, 0.5) is 10.5 Å². The quantitative estimate of drug-likeness (QED) is 0.609. The maximum atomic E-state index is 12.7. The minimum Gasteiger partial charge on any atom is -0.466 e. The number of benzene rings is 2. The Morgan fingerprint density at radius 3 is 2.56 bits per heavy atom. The highest BCUT2D eigenvalue weighted by molar-refractivity contribution is 5.95. The van der Waals surface area contributed by atoms with Crippen molar-refractivity contribution in [3.63, 3.8) is 0 Å². The molecular weight excluding hydrogens is 406 g/mol. The summed E-state index contributed by atoms with van der Waals surface area (Å²) in [6, 6.07) is 16.1. The van der Waals surface area contributed by atoms with Crippen LogP contribution in [-0.4, -0.2) is 36.5 Å². The van der Waals surface area contributed by atoms with Crippen LogP contribution in [0.3, 0.4) is 0 Å².